The van der Waals surface area contributed by atoms with Crippen LogP contribution >= 0.6 is 11.6 Å². The summed E-state index contributed by atoms with van der Waals surface area (Å²) in [4.78, 5) is 8.98. The van der Waals surface area contributed by atoms with E-state index >= 15 is 0 Å². The molecule has 2 aromatic carbocycles. The van der Waals surface area contributed by atoms with E-state index in [1.54, 1.807) is 24.3 Å². The summed E-state index contributed by atoms with van der Waals surface area (Å²) in [7, 11) is 0. The van der Waals surface area contributed by atoms with Gasteiger partial charge in [0.05, 0.1) is 12.3 Å². The van der Waals surface area contributed by atoms with Gasteiger partial charge in [0, 0.05) is 10.6 Å². The summed E-state index contributed by atoms with van der Waals surface area (Å²) in [5.41, 5.74) is 2.95. The van der Waals surface area contributed by atoms with E-state index in [4.69, 9.17) is 16.0 Å². The van der Waals surface area contributed by atoms with Crippen molar-refractivity contribution in [2.45, 2.75) is 19.9 Å². The van der Waals surface area contributed by atoms with Crippen molar-refractivity contribution in [3.63, 3.8) is 0 Å². The molecule has 24 heavy (non-hydrogen) atoms. The molecule has 0 radical (unpaired) electrons. The molecule has 4 nitrogen and oxygen atoms in total. The molecule has 3 rings (SSSR count). The van der Waals surface area contributed by atoms with Gasteiger partial charge in [-0.1, -0.05) is 48.9 Å². The third-order valence-electron chi connectivity index (χ3n) is 3.60. The number of halogens is 1. The van der Waals surface area contributed by atoms with Crippen molar-refractivity contribution in [3.05, 3.63) is 70.9 Å². The van der Waals surface area contributed by atoms with E-state index in [-0.39, 0.29) is 5.95 Å². The zero-order valence-corrected chi connectivity index (χ0v) is 14.0. The van der Waals surface area contributed by atoms with Gasteiger partial charge >= 0.3 is 5.95 Å². The maximum absolute atomic E-state index is 10.1. The highest BCUT2D eigenvalue weighted by Crippen LogP contribution is 2.28. The van der Waals surface area contributed by atoms with E-state index in [0.717, 1.165) is 11.1 Å². The summed E-state index contributed by atoms with van der Waals surface area (Å²) < 4.78 is 5.40. The molecule has 0 saturated heterocycles. The van der Waals surface area contributed by atoms with E-state index in [9.17, 15) is 5.11 Å². The highest BCUT2D eigenvalue weighted by atomic mass is 35.5. The molecule has 0 amide bonds. The standard InChI is InChI=1S/C19H17ClN2O2/c1-2-16(21-12-13-6-4-3-5-7-13)17-19(23)24-18(22-17)14-8-10-15(20)11-9-14/h3-11,23H,2,12H2,1H3. The molecule has 0 aliphatic rings. The summed E-state index contributed by atoms with van der Waals surface area (Å²) in [5, 5.41) is 10.7. The van der Waals surface area contributed by atoms with Crippen LogP contribution in [0.4, 0.5) is 0 Å². The summed E-state index contributed by atoms with van der Waals surface area (Å²) in [5.74, 6) is 0.133. The summed E-state index contributed by atoms with van der Waals surface area (Å²) >= 11 is 5.89. The lowest BCUT2D eigenvalue weighted by atomic mass is 10.2. The molecule has 0 fully saturated rings. The number of hydrogen-bond acceptors (Lipinski definition) is 4. The fourth-order valence-electron chi connectivity index (χ4n) is 2.34. The van der Waals surface area contributed by atoms with Crippen molar-refractivity contribution in [2.75, 3.05) is 0 Å². The molecule has 3 aromatic rings. The van der Waals surface area contributed by atoms with Crippen molar-refractivity contribution in [1.82, 2.24) is 4.98 Å². The molecule has 5 heteroatoms. The van der Waals surface area contributed by atoms with Crippen molar-refractivity contribution < 1.29 is 9.52 Å². The van der Waals surface area contributed by atoms with Crippen LogP contribution in [0.5, 0.6) is 5.95 Å². The first-order valence-corrected chi connectivity index (χ1v) is 8.08. The second-order valence-corrected chi connectivity index (χ2v) is 5.72. The molecule has 0 bridgehead atoms. The molecule has 0 aliphatic carbocycles. The predicted molar refractivity (Wildman–Crippen MR) is 95.6 cm³/mol. The first-order chi connectivity index (χ1) is 11.7. The zero-order valence-electron chi connectivity index (χ0n) is 13.2. The lowest BCUT2D eigenvalue weighted by Gasteiger charge is -2.01. The third kappa shape index (κ3) is 3.66. The maximum atomic E-state index is 10.1. The topological polar surface area (TPSA) is 58.6 Å². The monoisotopic (exact) mass is 340 g/mol. The zero-order chi connectivity index (χ0) is 16.9. The van der Waals surface area contributed by atoms with Gasteiger partial charge in [0.2, 0.25) is 5.89 Å². The van der Waals surface area contributed by atoms with Gasteiger partial charge in [-0.05, 0) is 36.2 Å². The van der Waals surface area contributed by atoms with Crippen LogP contribution in [0.15, 0.2) is 64.0 Å². The van der Waals surface area contributed by atoms with Crippen LogP contribution in [0.3, 0.4) is 0 Å². The summed E-state index contributed by atoms with van der Waals surface area (Å²) in [6.45, 7) is 2.51. The summed E-state index contributed by atoms with van der Waals surface area (Å²) in [6.07, 6.45) is 0.646. The molecule has 0 saturated carbocycles. The molecule has 122 valence electrons. The maximum Gasteiger partial charge on any atom is 0.312 e. The number of nitrogens with zero attached hydrogens (tertiary/aromatic N) is 2. The van der Waals surface area contributed by atoms with Gasteiger partial charge in [-0.3, -0.25) is 4.99 Å². The Labute approximate surface area is 145 Å². The first-order valence-electron chi connectivity index (χ1n) is 7.70. The van der Waals surface area contributed by atoms with Gasteiger partial charge in [-0.15, -0.1) is 0 Å². The number of hydrogen-bond donors (Lipinski definition) is 1. The summed E-state index contributed by atoms with van der Waals surface area (Å²) in [6, 6.07) is 17.0. The SMILES string of the molecule is CCC(=NCc1ccccc1)c1nc(-c2ccc(Cl)cc2)oc1O. The quantitative estimate of drug-likeness (QED) is 0.657. The van der Waals surface area contributed by atoms with Crippen molar-refractivity contribution in [1.29, 1.82) is 0 Å². The molecule has 0 spiro atoms. The van der Waals surface area contributed by atoms with E-state index in [1.165, 1.54) is 0 Å². The first kappa shape index (κ1) is 16.3. The van der Waals surface area contributed by atoms with Crippen molar-refractivity contribution in [3.8, 4) is 17.4 Å². The van der Waals surface area contributed by atoms with Crippen LogP contribution in [0.25, 0.3) is 11.5 Å². The Balaban J connectivity index is 1.88. The number of rotatable bonds is 5. The van der Waals surface area contributed by atoms with Gasteiger partial charge < -0.3 is 9.52 Å². The molecule has 1 N–H and O–H groups in total. The van der Waals surface area contributed by atoms with Gasteiger partial charge in [0.25, 0.3) is 0 Å². The molecule has 0 aliphatic heterocycles. The van der Waals surface area contributed by atoms with Crippen molar-refractivity contribution >= 4 is 17.3 Å². The van der Waals surface area contributed by atoms with Crippen LogP contribution in [0.1, 0.15) is 24.6 Å². The normalized spacial score (nSPS) is 11.7. The Morgan fingerprint density at radius 1 is 1.12 bits per heavy atom. The third-order valence-corrected chi connectivity index (χ3v) is 3.86. The number of aromatic nitrogens is 1. The highest BCUT2D eigenvalue weighted by molar-refractivity contribution is 6.30. The van der Waals surface area contributed by atoms with E-state index in [1.807, 2.05) is 37.3 Å². The molecule has 0 atom stereocenters. The number of aliphatic imine (C=N–C) groups is 1. The number of oxazole rings is 1. The number of aromatic hydroxyl groups is 1. The lowest BCUT2D eigenvalue weighted by Crippen LogP contribution is -2.01. The van der Waals surface area contributed by atoms with Gasteiger partial charge in [0.15, 0.2) is 5.69 Å². The molecule has 0 unspecified atom stereocenters. The average Bonchev–Trinajstić information content (AvgIpc) is 2.99. The van der Waals surface area contributed by atoms with Crippen LogP contribution in [0.2, 0.25) is 5.02 Å². The van der Waals surface area contributed by atoms with Crippen LogP contribution in [-0.4, -0.2) is 15.8 Å². The molecule has 1 aromatic heterocycles. The van der Waals surface area contributed by atoms with Crippen LogP contribution < -0.4 is 0 Å². The fourth-order valence-corrected chi connectivity index (χ4v) is 2.47. The Bertz CT molecular complexity index is 840. The Morgan fingerprint density at radius 2 is 1.83 bits per heavy atom. The van der Waals surface area contributed by atoms with E-state index in [0.29, 0.717) is 35.3 Å². The minimum absolute atomic E-state index is 0.214. The van der Waals surface area contributed by atoms with Gasteiger partial charge in [-0.2, -0.15) is 0 Å². The average molecular weight is 341 g/mol. The highest BCUT2D eigenvalue weighted by Gasteiger charge is 2.17. The van der Waals surface area contributed by atoms with Crippen LogP contribution in [0, 0.1) is 0 Å². The second kappa shape index (κ2) is 7.32. The molecule has 1 heterocycles. The van der Waals surface area contributed by atoms with Crippen LogP contribution in [-0.2, 0) is 6.54 Å². The lowest BCUT2D eigenvalue weighted by molar-refractivity contribution is 0.336. The molecular formula is C19H17ClN2O2. The van der Waals surface area contributed by atoms with E-state index in [2.05, 4.69) is 9.98 Å². The van der Waals surface area contributed by atoms with Crippen molar-refractivity contribution in [2.24, 2.45) is 4.99 Å². The smallest absolute Gasteiger partial charge is 0.312 e. The second-order valence-electron chi connectivity index (χ2n) is 5.28. The minimum atomic E-state index is -0.214. The minimum Gasteiger partial charge on any atom is -0.479 e. The van der Waals surface area contributed by atoms with Gasteiger partial charge in [0.1, 0.15) is 0 Å². The Morgan fingerprint density at radius 3 is 2.50 bits per heavy atom. The fraction of sp³-hybridized carbons (Fsp3) is 0.158. The van der Waals surface area contributed by atoms with Gasteiger partial charge in [-0.25, -0.2) is 4.98 Å². The molecular weight excluding hydrogens is 324 g/mol. The Hall–Kier alpha value is -2.59. The van der Waals surface area contributed by atoms with E-state index < -0.39 is 0 Å². The largest absolute Gasteiger partial charge is 0.479 e. The predicted octanol–water partition coefficient (Wildman–Crippen LogP) is 5.10. The Kier molecular flexibility index (Phi) is 4.96. The number of benzene rings is 2.